The minimum absolute atomic E-state index is 0. The number of carbonyl (C=O) groups is 1. The number of aryl methyl sites for hydroxylation is 1. The number of benzene rings is 1. The first-order valence-corrected chi connectivity index (χ1v) is 8.90. The number of guanidine groups is 1. The molecule has 0 aliphatic rings. The molecule has 1 aromatic carbocycles. The van der Waals surface area contributed by atoms with Crippen molar-refractivity contribution in [1.82, 2.24) is 10.6 Å². The average Bonchev–Trinajstić information content (AvgIpc) is 3.10. The fraction of sp³-hybridized carbons (Fsp3) is 0.333. The molecule has 26 heavy (non-hydrogen) atoms. The highest BCUT2D eigenvalue weighted by atomic mass is 127. The van der Waals surface area contributed by atoms with E-state index in [4.69, 9.17) is 4.42 Å². The Morgan fingerprint density at radius 2 is 2.00 bits per heavy atom. The largest absolute Gasteiger partial charge is 0.469 e. The first kappa shape index (κ1) is 22.5. The van der Waals surface area contributed by atoms with E-state index >= 15 is 0 Å². The number of rotatable bonds is 7. The molecule has 1 amide bonds. The van der Waals surface area contributed by atoms with Gasteiger partial charge in [-0.1, -0.05) is 22.0 Å². The van der Waals surface area contributed by atoms with E-state index in [1.165, 1.54) is 0 Å². The van der Waals surface area contributed by atoms with Gasteiger partial charge in [0, 0.05) is 43.1 Å². The van der Waals surface area contributed by atoms with Crippen molar-refractivity contribution in [3.63, 3.8) is 0 Å². The lowest BCUT2D eigenvalue weighted by atomic mass is 10.2. The summed E-state index contributed by atoms with van der Waals surface area (Å²) in [4.78, 5) is 16.2. The summed E-state index contributed by atoms with van der Waals surface area (Å²) in [5, 5.41) is 9.24. The lowest BCUT2D eigenvalue weighted by Gasteiger charge is -2.12. The highest BCUT2D eigenvalue weighted by molar-refractivity contribution is 14.0. The molecule has 0 fully saturated rings. The summed E-state index contributed by atoms with van der Waals surface area (Å²) < 4.78 is 6.22. The summed E-state index contributed by atoms with van der Waals surface area (Å²) >= 11 is 3.41. The summed E-state index contributed by atoms with van der Waals surface area (Å²) in [7, 11) is 1.70. The molecule has 1 aromatic heterocycles. The Morgan fingerprint density at radius 3 is 2.69 bits per heavy atom. The minimum atomic E-state index is -0.0419. The number of furan rings is 1. The van der Waals surface area contributed by atoms with E-state index in [0.29, 0.717) is 25.5 Å². The molecule has 0 aliphatic carbocycles. The number of nitrogens with one attached hydrogen (secondary N) is 3. The van der Waals surface area contributed by atoms with Gasteiger partial charge in [-0.05, 0) is 36.8 Å². The molecule has 1 heterocycles. The second-order valence-corrected chi connectivity index (χ2v) is 6.43. The molecule has 0 saturated carbocycles. The van der Waals surface area contributed by atoms with Gasteiger partial charge in [-0.25, -0.2) is 0 Å². The fourth-order valence-electron chi connectivity index (χ4n) is 2.22. The third kappa shape index (κ3) is 7.77. The summed E-state index contributed by atoms with van der Waals surface area (Å²) in [6.45, 7) is 3.17. The van der Waals surface area contributed by atoms with E-state index in [1.54, 1.807) is 13.3 Å². The zero-order chi connectivity index (χ0) is 18.1. The fourth-order valence-corrected chi connectivity index (χ4v) is 2.58. The van der Waals surface area contributed by atoms with Crippen LogP contribution in [0, 0.1) is 6.92 Å². The van der Waals surface area contributed by atoms with Crippen molar-refractivity contribution in [2.24, 2.45) is 4.99 Å². The number of hydrogen-bond donors (Lipinski definition) is 3. The molecule has 2 aromatic rings. The predicted molar refractivity (Wildman–Crippen MR) is 119 cm³/mol. The van der Waals surface area contributed by atoms with Gasteiger partial charge in [0.05, 0.1) is 6.26 Å². The van der Waals surface area contributed by atoms with Crippen LogP contribution in [0.2, 0.25) is 0 Å². The SMILES string of the molecule is CN=C(NCCC(=O)Nc1cc(Br)ccc1C)NCCc1ccco1.I. The van der Waals surface area contributed by atoms with Crippen LogP contribution >= 0.6 is 39.9 Å². The van der Waals surface area contributed by atoms with Crippen molar-refractivity contribution in [2.45, 2.75) is 19.8 Å². The molecule has 0 radical (unpaired) electrons. The van der Waals surface area contributed by atoms with Gasteiger partial charge in [0.25, 0.3) is 0 Å². The van der Waals surface area contributed by atoms with Crippen molar-refractivity contribution in [3.8, 4) is 0 Å². The monoisotopic (exact) mass is 534 g/mol. The Hall–Kier alpha value is -1.55. The van der Waals surface area contributed by atoms with Crippen LogP contribution in [0.3, 0.4) is 0 Å². The molecule has 2 rings (SSSR count). The summed E-state index contributed by atoms with van der Waals surface area (Å²) in [5.41, 5.74) is 1.85. The second kappa shape index (κ2) is 11.9. The molecule has 0 unspecified atom stereocenters. The Labute approximate surface area is 179 Å². The van der Waals surface area contributed by atoms with Crippen LogP contribution in [0.5, 0.6) is 0 Å². The van der Waals surface area contributed by atoms with E-state index in [-0.39, 0.29) is 29.9 Å². The van der Waals surface area contributed by atoms with Crippen LogP contribution in [0.25, 0.3) is 0 Å². The Morgan fingerprint density at radius 1 is 1.23 bits per heavy atom. The van der Waals surface area contributed by atoms with Crippen molar-refractivity contribution < 1.29 is 9.21 Å². The van der Waals surface area contributed by atoms with Gasteiger partial charge in [0.15, 0.2) is 5.96 Å². The molecule has 3 N–H and O–H groups in total. The lowest BCUT2D eigenvalue weighted by Crippen LogP contribution is -2.39. The van der Waals surface area contributed by atoms with Crippen LogP contribution in [0.1, 0.15) is 17.7 Å². The zero-order valence-electron chi connectivity index (χ0n) is 14.8. The summed E-state index contributed by atoms with van der Waals surface area (Å²) in [6.07, 6.45) is 2.79. The first-order valence-electron chi connectivity index (χ1n) is 8.11. The second-order valence-electron chi connectivity index (χ2n) is 5.51. The smallest absolute Gasteiger partial charge is 0.226 e. The number of nitrogens with zero attached hydrogens (tertiary/aromatic N) is 1. The van der Waals surface area contributed by atoms with Crippen LogP contribution in [-0.4, -0.2) is 32.0 Å². The van der Waals surface area contributed by atoms with Crippen LogP contribution in [-0.2, 0) is 11.2 Å². The van der Waals surface area contributed by atoms with E-state index in [9.17, 15) is 4.79 Å². The molecular formula is C18H24BrIN4O2. The highest BCUT2D eigenvalue weighted by Crippen LogP contribution is 2.20. The van der Waals surface area contributed by atoms with Gasteiger partial charge in [-0.3, -0.25) is 9.79 Å². The van der Waals surface area contributed by atoms with Crippen molar-refractivity contribution in [3.05, 3.63) is 52.4 Å². The number of carbonyl (C=O) groups excluding carboxylic acids is 1. The number of amides is 1. The molecule has 0 bridgehead atoms. The first-order chi connectivity index (χ1) is 12.1. The van der Waals surface area contributed by atoms with Crippen LogP contribution < -0.4 is 16.0 Å². The molecule has 0 atom stereocenters. The lowest BCUT2D eigenvalue weighted by molar-refractivity contribution is -0.116. The van der Waals surface area contributed by atoms with Gasteiger partial charge in [-0.2, -0.15) is 0 Å². The summed E-state index contributed by atoms with van der Waals surface area (Å²) in [5.74, 6) is 1.55. The number of aliphatic imine (C=N–C) groups is 1. The summed E-state index contributed by atoms with van der Waals surface area (Å²) in [6, 6.07) is 9.61. The maximum atomic E-state index is 12.1. The molecule has 0 saturated heterocycles. The average molecular weight is 535 g/mol. The van der Waals surface area contributed by atoms with E-state index in [1.807, 2.05) is 37.3 Å². The number of hydrogen-bond acceptors (Lipinski definition) is 3. The van der Waals surface area contributed by atoms with Crippen LogP contribution in [0.15, 0.2) is 50.5 Å². The predicted octanol–water partition coefficient (Wildman–Crippen LogP) is 3.70. The van der Waals surface area contributed by atoms with Gasteiger partial charge in [0.1, 0.15) is 5.76 Å². The number of halogens is 2. The van der Waals surface area contributed by atoms with Gasteiger partial charge >= 0.3 is 0 Å². The third-order valence-electron chi connectivity index (χ3n) is 3.59. The molecule has 0 spiro atoms. The molecule has 6 nitrogen and oxygen atoms in total. The minimum Gasteiger partial charge on any atom is -0.469 e. The van der Waals surface area contributed by atoms with Crippen molar-refractivity contribution in [2.75, 3.05) is 25.5 Å². The Bertz CT molecular complexity index is 720. The normalized spacial score (nSPS) is 10.8. The van der Waals surface area contributed by atoms with Crippen molar-refractivity contribution >= 4 is 57.5 Å². The van der Waals surface area contributed by atoms with Gasteiger partial charge in [0.2, 0.25) is 5.91 Å². The molecule has 0 aliphatic heterocycles. The van der Waals surface area contributed by atoms with E-state index < -0.39 is 0 Å². The molecule has 142 valence electrons. The molecular weight excluding hydrogens is 511 g/mol. The van der Waals surface area contributed by atoms with Crippen LogP contribution in [0.4, 0.5) is 5.69 Å². The zero-order valence-corrected chi connectivity index (χ0v) is 18.8. The topological polar surface area (TPSA) is 78.7 Å². The Balaban J connectivity index is 0.00000338. The molecule has 8 heteroatoms. The maximum absolute atomic E-state index is 12.1. The van der Waals surface area contributed by atoms with Gasteiger partial charge in [-0.15, -0.1) is 24.0 Å². The van der Waals surface area contributed by atoms with Crippen molar-refractivity contribution in [1.29, 1.82) is 0 Å². The number of anilines is 1. The highest BCUT2D eigenvalue weighted by Gasteiger charge is 2.06. The Kier molecular flexibility index (Phi) is 10.3. The third-order valence-corrected chi connectivity index (χ3v) is 4.08. The van der Waals surface area contributed by atoms with E-state index in [2.05, 4.69) is 36.9 Å². The maximum Gasteiger partial charge on any atom is 0.226 e. The van der Waals surface area contributed by atoms with Gasteiger partial charge < -0.3 is 20.4 Å². The standard InChI is InChI=1S/C18H23BrN4O2.HI/c1-13-5-6-14(19)12-16(13)23-17(24)8-10-22-18(20-2)21-9-7-15-4-3-11-25-15;/h3-6,11-12H,7-10H2,1-2H3,(H,23,24)(H2,20,21,22);1H. The quantitative estimate of drug-likeness (QED) is 0.287. The van der Waals surface area contributed by atoms with E-state index in [0.717, 1.165) is 27.9 Å².